The molecule has 0 bridgehead atoms. The summed E-state index contributed by atoms with van der Waals surface area (Å²) in [6.45, 7) is 2.19. The number of carbonyl (C=O) groups excluding carboxylic acids is 1. The van der Waals surface area contributed by atoms with Gasteiger partial charge in [0.1, 0.15) is 5.75 Å². The number of hydrogen-bond donors (Lipinski definition) is 2. The van der Waals surface area contributed by atoms with Crippen molar-refractivity contribution in [3.63, 3.8) is 0 Å². The molecule has 3 aliphatic rings. The highest BCUT2D eigenvalue weighted by Gasteiger charge is 2.52. The molecule has 4 N–H and O–H groups in total. The van der Waals surface area contributed by atoms with Crippen LogP contribution in [0.1, 0.15) is 49.7 Å². The summed E-state index contributed by atoms with van der Waals surface area (Å²) < 4.78 is 27.1. The van der Waals surface area contributed by atoms with Crippen LogP contribution in [0.4, 0.5) is 0 Å². The Hall–Kier alpha value is -1.86. The molecule has 0 aliphatic heterocycles. The predicted octanol–water partition coefficient (Wildman–Crippen LogP) is 2.15. The summed E-state index contributed by atoms with van der Waals surface area (Å²) in [5.74, 6) is 1.37. The SMILES string of the molecule is C[C@]12CC[C@@H]3c4ccc(OS(N)(=O)=O)cc4CC[C@H]3[C@@H]1CC=C2C(N)=O. The topological polar surface area (TPSA) is 112 Å². The number of amides is 1. The second-order valence-corrected chi connectivity index (χ2v) is 9.18. The predicted molar refractivity (Wildman–Crippen MR) is 97.5 cm³/mol. The van der Waals surface area contributed by atoms with Crippen molar-refractivity contribution in [2.24, 2.45) is 28.1 Å². The lowest BCUT2D eigenvalue weighted by molar-refractivity contribution is -0.116. The Kier molecular flexibility index (Phi) is 3.93. The fraction of sp³-hybridized carbons (Fsp3) is 0.526. The zero-order valence-electron chi connectivity index (χ0n) is 14.8. The normalized spacial score (nSPS) is 32.8. The minimum absolute atomic E-state index is 0.110. The van der Waals surface area contributed by atoms with Gasteiger partial charge >= 0.3 is 10.3 Å². The van der Waals surface area contributed by atoms with E-state index >= 15 is 0 Å². The van der Waals surface area contributed by atoms with Crippen molar-refractivity contribution in [1.82, 2.24) is 0 Å². The first kappa shape index (κ1) is 17.5. The van der Waals surface area contributed by atoms with Gasteiger partial charge in [0.15, 0.2) is 0 Å². The van der Waals surface area contributed by atoms with Crippen LogP contribution in [-0.2, 0) is 21.5 Å². The van der Waals surface area contributed by atoms with Gasteiger partial charge in [-0.2, -0.15) is 13.6 Å². The van der Waals surface area contributed by atoms with Crippen molar-refractivity contribution in [2.75, 3.05) is 0 Å². The third kappa shape index (κ3) is 2.74. The molecule has 0 heterocycles. The minimum atomic E-state index is -4.01. The maximum Gasteiger partial charge on any atom is 0.380 e. The first-order valence-electron chi connectivity index (χ1n) is 9.04. The number of aryl methyl sites for hydroxylation is 1. The number of allylic oxidation sites excluding steroid dienone is 1. The highest BCUT2D eigenvalue weighted by Crippen LogP contribution is 2.61. The van der Waals surface area contributed by atoms with Gasteiger partial charge in [-0.05, 0) is 73.1 Å². The van der Waals surface area contributed by atoms with E-state index in [-0.39, 0.29) is 17.1 Å². The van der Waals surface area contributed by atoms with E-state index in [1.54, 1.807) is 12.1 Å². The molecule has 0 saturated heterocycles. The van der Waals surface area contributed by atoms with Gasteiger partial charge in [0.05, 0.1) is 0 Å². The zero-order valence-corrected chi connectivity index (χ0v) is 15.6. The average molecular weight is 376 g/mol. The summed E-state index contributed by atoms with van der Waals surface area (Å²) in [5, 5.41) is 4.97. The molecule has 140 valence electrons. The van der Waals surface area contributed by atoms with Crippen LogP contribution in [-0.4, -0.2) is 14.3 Å². The summed E-state index contributed by atoms with van der Waals surface area (Å²) in [5.41, 5.74) is 8.73. The van der Waals surface area contributed by atoms with E-state index in [2.05, 4.69) is 6.92 Å². The highest BCUT2D eigenvalue weighted by molar-refractivity contribution is 7.84. The Bertz CT molecular complexity index is 908. The molecule has 4 rings (SSSR count). The van der Waals surface area contributed by atoms with Gasteiger partial charge < -0.3 is 9.92 Å². The first-order valence-corrected chi connectivity index (χ1v) is 10.5. The minimum Gasteiger partial charge on any atom is -0.371 e. The molecular weight excluding hydrogens is 352 g/mol. The number of carbonyl (C=O) groups is 1. The number of rotatable bonds is 3. The molecule has 0 spiro atoms. The molecule has 4 atom stereocenters. The number of hydrogen-bond acceptors (Lipinski definition) is 4. The summed E-state index contributed by atoms with van der Waals surface area (Å²) in [4.78, 5) is 11.9. The second kappa shape index (κ2) is 5.82. The van der Waals surface area contributed by atoms with Gasteiger partial charge in [0.25, 0.3) is 0 Å². The van der Waals surface area contributed by atoms with Crippen LogP contribution >= 0.6 is 0 Å². The van der Waals surface area contributed by atoms with Gasteiger partial charge in [0, 0.05) is 11.0 Å². The van der Waals surface area contributed by atoms with Crippen molar-refractivity contribution in [2.45, 2.75) is 44.9 Å². The van der Waals surface area contributed by atoms with E-state index in [1.165, 1.54) is 5.56 Å². The summed E-state index contributed by atoms with van der Waals surface area (Å²) in [6, 6.07) is 5.46. The van der Waals surface area contributed by atoms with Crippen LogP contribution in [0.25, 0.3) is 0 Å². The van der Waals surface area contributed by atoms with Gasteiger partial charge in [-0.15, -0.1) is 0 Å². The first-order chi connectivity index (χ1) is 12.2. The van der Waals surface area contributed by atoms with Crippen molar-refractivity contribution < 1.29 is 17.4 Å². The Morgan fingerprint density at radius 2 is 2.08 bits per heavy atom. The quantitative estimate of drug-likeness (QED) is 0.841. The van der Waals surface area contributed by atoms with E-state index in [4.69, 9.17) is 15.1 Å². The summed E-state index contributed by atoms with van der Waals surface area (Å²) in [6.07, 6.45) is 6.81. The molecule has 1 aromatic rings. The molecular formula is C19H24N2O4S. The summed E-state index contributed by atoms with van der Waals surface area (Å²) >= 11 is 0. The molecule has 0 aromatic heterocycles. The van der Waals surface area contributed by atoms with Crippen molar-refractivity contribution in [1.29, 1.82) is 0 Å². The second-order valence-electron chi connectivity index (χ2n) is 8.03. The lowest BCUT2D eigenvalue weighted by atomic mass is 9.54. The molecule has 26 heavy (non-hydrogen) atoms. The lowest BCUT2D eigenvalue weighted by Gasteiger charge is -2.50. The maximum absolute atomic E-state index is 11.9. The van der Waals surface area contributed by atoms with Crippen LogP contribution in [0.2, 0.25) is 0 Å². The van der Waals surface area contributed by atoms with Gasteiger partial charge in [-0.25, -0.2) is 0 Å². The number of fused-ring (bicyclic) bond motifs is 5. The molecule has 0 unspecified atom stereocenters. The monoisotopic (exact) mass is 376 g/mol. The smallest absolute Gasteiger partial charge is 0.371 e. The van der Waals surface area contributed by atoms with E-state index in [9.17, 15) is 13.2 Å². The maximum atomic E-state index is 11.9. The van der Waals surface area contributed by atoms with Gasteiger partial charge in [-0.1, -0.05) is 19.1 Å². The van der Waals surface area contributed by atoms with E-state index in [0.29, 0.717) is 17.8 Å². The average Bonchev–Trinajstić information content (AvgIpc) is 2.90. The number of benzene rings is 1. The molecule has 1 saturated carbocycles. The van der Waals surface area contributed by atoms with Crippen LogP contribution < -0.4 is 15.1 Å². The largest absolute Gasteiger partial charge is 0.380 e. The molecule has 6 nitrogen and oxygen atoms in total. The third-order valence-electron chi connectivity index (χ3n) is 6.76. The van der Waals surface area contributed by atoms with E-state index in [0.717, 1.165) is 43.2 Å². The fourth-order valence-electron chi connectivity index (χ4n) is 5.69. The molecule has 1 fully saturated rings. The Labute approximate surface area is 153 Å². The number of nitrogens with two attached hydrogens (primary N) is 2. The lowest BCUT2D eigenvalue weighted by Crippen LogP contribution is -2.43. The fourth-order valence-corrected chi connectivity index (χ4v) is 6.07. The molecule has 0 radical (unpaired) electrons. The molecule has 7 heteroatoms. The Balaban J connectivity index is 1.63. The van der Waals surface area contributed by atoms with Crippen LogP contribution in [0.5, 0.6) is 5.75 Å². The van der Waals surface area contributed by atoms with Gasteiger partial charge in [0.2, 0.25) is 5.91 Å². The van der Waals surface area contributed by atoms with E-state index in [1.807, 2.05) is 12.1 Å². The van der Waals surface area contributed by atoms with Crippen LogP contribution in [0.15, 0.2) is 29.8 Å². The number of primary amides is 1. The molecule has 3 aliphatic carbocycles. The van der Waals surface area contributed by atoms with Crippen molar-refractivity contribution in [3.8, 4) is 5.75 Å². The van der Waals surface area contributed by atoms with Crippen LogP contribution in [0, 0.1) is 17.3 Å². The van der Waals surface area contributed by atoms with E-state index < -0.39 is 10.3 Å². The highest BCUT2D eigenvalue weighted by atomic mass is 32.2. The van der Waals surface area contributed by atoms with Crippen LogP contribution in [0.3, 0.4) is 0 Å². The van der Waals surface area contributed by atoms with Crippen molar-refractivity contribution in [3.05, 3.63) is 41.0 Å². The Morgan fingerprint density at radius 1 is 1.31 bits per heavy atom. The van der Waals surface area contributed by atoms with Gasteiger partial charge in [-0.3, -0.25) is 4.79 Å². The molecule has 1 amide bonds. The molecule has 1 aromatic carbocycles. The zero-order chi connectivity index (χ0) is 18.7. The third-order valence-corrected chi connectivity index (χ3v) is 7.18. The van der Waals surface area contributed by atoms with Crippen molar-refractivity contribution >= 4 is 16.2 Å². The summed E-state index contributed by atoms with van der Waals surface area (Å²) in [7, 11) is -4.01. The Morgan fingerprint density at radius 3 is 2.77 bits per heavy atom. The standard InChI is InChI=1S/C19H24N2O4S/c1-19-9-8-14-13-5-3-12(25-26(21,23)24)10-11(13)2-4-15(14)16(19)6-7-17(19)18(20)22/h3,5,7,10,14-16H,2,4,6,8-9H2,1H3,(H2,20,22)(H2,21,23,24)/t14-,15-,16+,19+/m1/s1.